The van der Waals surface area contributed by atoms with Crippen molar-refractivity contribution in [2.45, 2.75) is 39.4 Å². The van der Waals surface area contributed by atoms with Gasteiger partial charge in [0.2, 0.25) is 5.91 Å². The maximum absolute atomic E-state index is 12.7. The number of hydrogen-bond donors (Lipinski definition) is 0. The van der Waals surface area contributed by atoms with Crippen LogP contribution in [0, 0.1) is 0 Å². The molecule has 7 nitrogen and oxygen atoms in total. The van der Waals surface area contributed by atoms with Crippen molar-refractivity contribution in [1.29, 1.82) is 0 Å². The molecule has 26 heavy (non-hydrogen) atoms. The molecule has 0 bridgehead atoms. The summed E-state index contributed by atoms with van der Waals surface area (Å²) in [5, 5.41) is 4.52. The number of amides is 1. The first kappa shape index (κ1) is 17.8. The Hall–Kier alpha value is -2.96. The molecular weight excluding hydrogens is 330 g/mol. The fourth-order valence-electron chi connectivity index (χ4n) is 2.92. The molecule has 0 spiro atoms. The van der Waals surface area contributed by atoms with Crippen LogP contribution < -0.4 is 5.56 Å². The van der Waals surface area contributed by atoms with E-state index in [-0.39, 0.29) is 23.9 Å². The van der Waals surface area contributed by atoms with E-state index in [1.54, 1.807) is 11.7 Å². The highest BCUT2D eigenvalue weighted by molar-refractivity contribution is 5.76. The Morgan fingerprint density at radius 2 is 1.96 bits per heavy atom. The molecule has 0 aliphatic carbocycles. The molecule has 136 valence electrons. The van der Waals surface area contributed by atoms with Gasteiger partial charge in [-0.15, -0.1) is 0 Å². The topological polar surface area (TPSA) is 73.0 Å². The number of nitrogens with zero attached hydrogens (tertiary/aromatic N) is 5. The molecule has 7 heteroatoms. The van der Waals surface area contributed by atoms with Crippen molar-refractivity contribution in [3.05, 3.63) is 58.8 Å². The Kier molecular flexibility index (Phi) is 5.16. The molecule has 1 amide bonds. The number of hydrogen-bond acceptors (Lipinski definition) is 4. The van der Waals surface area contributed by atoms with E-state index < -0.39 is 0 Å². The fourth-order valence-corrected chi connectivity index (χ4v) is 2.92. The molecule has 0 unspecified atom stereocenters. The lowest BCUT2D eigenvalue weighted by Crippen LogP contribution is -2.37. The van der Waals surface area contributed by atoms with Gasteiger partial charge in [0.1, 0.15) is 5.39 Å². The maximum Gasteiger partial charge on any atom is 0.264 e. The van der Waals surface area contributed by atoms with E-state index in [0.717, 1.165) is 5.56 Å². The van der Waals surface area contributed by atoms with E-state index in [9.17, 15) is 9.59 Å². The van der Waals surface area contributed by atoms with Crippen LogP contribution >= 0.6 is 0 Å². The van der Waals surface area contributed by atoms with E-state index in [1.807, 2.05) is 49.1 Å². The van der Waals surface area contributed by atoms with Gasteiger partial charge in [-0.2, -0.15) is 5.10 Å². The van der Waals surface area contributed by atoms with Crippen molar-refractivity contribution in [1.82, 2.24) is 24.2 Å². The second-order valence-corrected chi connectivity index (χ2v) is 6.60. The maximum atomic E-state index is 12.7. The highest BCUT2D eigenvalue weighted by Gasteiger charge is 2.18. The highest BCUT2D eigenvalue weighted by atomic mass is 16.2. The average molecular weight is 353 g/mol. The molecule has 2 heterocycles. The molecule has 0 fully saturated rings. The quantitative estimate of drug-likeness (QED) is 0.679. The van der Waals surface area contributed by atoms with Crippen molar-refractivity contribution in [3.8, 4) is 0 Å². The summed E-state index contributed by atoms with van der Waals surface area (Å²) in [7, 11) is 1.74. The zero-order valence-electron chi connectivity index (χ0n) is 15.3. The second kappa shape index (κ2) is 7.51. The van der Waals surface area contributed by atoms with Gasteiger partial charge in [0, 0.05) is 32.6 Å². The minimum Gasteiger partial charge on any atom is -0.336 e. The summed E-state index contributed by atoms with van der Waals surface area (Å²) in [4.78, 5) is 31.3. The number of rotatable bonds is 6. The molecule has 3 aromatic rings. The van der Waals surface area contributed by atoms with Crippen LogP contribution in [0.3, 0.4) is 0 Å². The molecule has 0 N–H and O–H groups in total. The van der Waals surface area contributed by atoms with Gasteiger partial charge in [0.15, 0.2) is 5.65 Å². The first-order valence-electron chi connectivity index (χ1n) is 8.68. The summed E-state index contributed by atoms with van der Waals surface area (Å²) in [6, 6.07) is 9.98. The number of carbonyl (C=O) groups excluding carboxylic acids is 1. The van der Waals surface area contributed by atoms with Crippen LogP contribution in [0.25, 0.3) is 11.0 Å². The summed E-state index contributed by atoms with van der Waals surface area (Å²) in [5.41, 5.74) is 1.46. The third-order valence-corrected chi connectivity index (χ3v) is 4.42. The van der Waals surface area contributed by atoms with Gasteiger partial charge in [0.05, 0.1) is 12.5 Å². The van der Waals surface area contributed by atoms with Crippen LogP contribution in [0.4, 0.5) is 0 Å². The lowest BCUT2D eigenvalue weighted by atomic mass is 10.1. The molecule has 3 rings (SSSR count). The molecule has 0 saturated carbocycles. The minimum absolute atomic E-state index is 0.0158. The van der Waals surface area contributed by atoms with E-state index in [2.05, 4.69) is 10.1 Å². The molecule has 2 aromatic heterocycles. The fraction of sp³-hybridized carbons (Fsp3) is 0.368. The predicted octanol–water partition coefficient (Wildman–Crippen LogP) is 1.96. The normalized spacial score (nSPS) is 11.2. The van der Waals surface area contributed by atoms with Gasteiger partial charge in [-0.1, -0.05) is 30.3 Å². The van der Waals surface area contributed by atoms with Crippen LogP contribution in [0.1, 0.15) is 25.8 Å². The van der Waals surface area contributed by atoms with E-state index in [0.29, 0.717) is 24.1 Å². The number of benzene rings is 1. The second-order valence-electron chi connectivity index (χ2n) is 6.60. The predicted molar refractivity (Wildman–Crippen MR) is 99.5 cm³/mol. The number of carbonyl (C=O) groups is 1. The van der Waals surface area contributed by atoms with Crippen LogP contribution in [0.5, 0.6) is 0 Å². The van der Waals surface area contributed by atoms with Crippen LogP contribution in [0.15, 0.2) is 47.7 Å². The Morgan fingerprint density at radius 3 is 2.65 bits per heavy atom. The van der Waals surface area contributed by atoms with Crippen molar-refractivity contribution in [2.24, 2.45) is 7.05 Å². The van der Waals surface area contributed by atoms with Crippen LogP contribution in [-0.2, 0) is 24.9 Å². The Labute approximate surface area is 151 Å². The van der Waals surface area contributed by atoms with Crippen molar-refractivity contribution < 1.29 is 4.79 Å². The Balaban J connectivity index is 1.72. The molecular formula is C19H23N5O2. The summed E-state index contributed by atoms with van der Waals surface area (Å²) in [6.45, 7) is 4.85. The third-order valence-electron chi connectivity index (χ3n) is 4.42. The van der Waals surface area contributed by atoms with Gasteiger partial charge in [-0.25, -0.2) is 4.98 Å². The zero-order chi connectivity index (χ0) is 18.7. The number of aromatic nitrogens is 4. The standard InChI is InChI=1S/C19H23N5O2/c1-14(2)24(12-15-7-5-4-6-8-15)17(25)9-10-23-13-20-18-16(19(23)26)11-21-22(18)3/h4-8,11,13-14H,9-10,12H2,1-3H3. The molecule has 0 atom stereocenters. The van der Waals surface area contributed by atoms with E-state index in [1.165, 1.54) is 17.1 Å². The molecule has 0 aliphatic rings. The van der Waals surface area contributed by atoms with Gasteiger partial charge in [-0.3, -0.25) is 18.8 Å². The summed E-state index contributed by atoms with van der Waals surface area (Å²) in [6.07, 6.45) is 3.24. The zero-order valence-corrected chi connectivity index (χ0v) is 15.3. The van der Waals surface area contributed by atoms with Gasteiger partial charge in [-0.05, 0) is 19.4 Å². The van der Waals surface area contributed by atoms with Crippen molar-refractivity contribution in [2.75, 3.05) is 0 Å². The first-order valence-corrected chi connectivity index (χ1v) is 8.68. The third kappa shape index (κ3) is 3.66. The summed E-state index contributed by atoms with van der Waals surface area (Å²) in [5.74, 6) is 0.0158. The van der Waals surface area contributed by atoms with Crippen molar-refractivity contribution in [3.63, 3.8) is 0 Å². The van der Waals surface area contributed by atoms with Gasteiger partial charge in [0.25, 0.3) is 5.56 Å². The highest BCUT2D eigenvalue weighted by Crippen LogP contribution is 2.11. The number of aryl methyl sites for hydroxylation is 2. The monoisotopic (exact) mass is 353 g/mol. The van der Waals surface area contributed by atoms with E-state index in [4.69, 9.17) is 0 Å². The minimum atomic E-state index is -0.171. The smallest absolute Gasteiger partial charge is 0.264 e. The van der Waals surface area contributed by atoms with Crippen molar-refractivity contribution >= 4 is 16.9 Å². The van der Waals surface area contributed by atoms with Crippen LogP contribution in [-0.4, -0.2) is 36.2 Å². The van der Waals surface area contributed by atoms with Crippen LogP contribution in [0.2, 0.25) is 0 Å². The Bertz CT molecular complexity index is 959. The first-order chi connectivity index (χ1) is 12.5. The number of fused-ring (bicyclic) bond motifs is 1. The largest absolute Gasteiger partial charge is 0.336 e. The molecule has 0 radical (unpaired) electrons. The Morgan fingerprint density at radius 1 is 1.23 bits per heavy atom. The lowest BCUT2D eigenvalue weighted by Gasteiger charge is -2.27. The molecule has 1 aromatic carbocycles. The molecule has 0 aliphatic heterocycles. The average Bonchev–Trinajstić information content (AvgIpc) is 3.01. The van der Waals surface area contributed by atoms with Gasteiger partial charge < -0.3 is 4.90 Å². The molecule has 0 saturated heterocycles. The van der Waals surface area contributed by atoms with E-state index >= 15 is 0 Å². The van der Waals surface area contributed by atoms with Gasteiger partial charge >= 0.3 is 0 Å². The lowest BCUT2D eigenvalue weighted by molar-refractivity contribution is -0.133. The summed E-state index contributed by atoms with van der Waals surface area (Å²) < 4.78 is 3.04. The summed E-state index contributed by atoms with van der Waals surface area (Å²) >= 11 is 0. The SMILES string of the molecule is CC(C)N(Cc1ccccc1)C(=O)CCn1cnc2c(cnn2C)c1=O.